The standard InChI is InChI=1S/C17H26ClFN2/c1-17(2,3)12-7-9-21(10-8-12)15(11-20)16-13(18)5-4-6-14(16)19/h4-6,12,15H,7-11,20H2,1-3H3. The zero-order chi connectivity index (χ0) is 15.6. The number of halogens is 2. The van der Waals surface area contributed by atoms with Crippen LogP contribution < -0.4 is 5.73 Å². The topological polar surface area (TPSA) is 29.3 Å². The van der Waals surface area contributed by atoms with Gasteiger partial charge in [-0.2, -0.15) is 0 Å². The van der Waals surface area contributed by atoms with Crippen molar-refractivity contribution in [3.63, 3.8) is 0 Å². The maximum absolute atomic E-state index is 14.1. The lowest BCUT2D eigenvalue weighted by atomic mass is 9.75. The molecule has 1 fully saturated rings. The number of nitrogens with two attached hydrogens (primary N) is 1. The van der Waals surface area contributed by atoms with Crippen molar-refractivity contribution in [2.45, 2.75) is 39.7 Å². The van der Waals surface area contributed by atoms with Crippen molar-refractivity contribution in [1.82, 2.24) is 4.90 Å². The van der Waals surface area contributed by atoms with Crippen molar-refractivity contribution >= 4 is 11.6 Å². The summed E-state index contributed by atoms with van der Waals surface area (Å²) in [5.74, 6) is 0.458. The van der Waals surface area contributed by atoms with E-state index >= 15 is 0 Å². The zero-order valence-electron chi connectivity index (χ0n) is 13.2. The summed E-state index contributed by atoms with van der Waals surface area (Å²) in [5, 5.41) is 0.475. The van der Waals surface area contributed by atoms with Gasteiger partial charge in [0.1, 0.15) is 5.82 Å². The van der Waals surface area contributed by atoms with Gasteiger partial charge in [0.25, 0.3) is 0 Å². The first-order valence-electron chi connectivity index (χ1n) is 7.72. The normalized spacial score (nSPS) is 19.7. The second kappa shape index (κ2) is 6.64. The molecule has 0 bridgehead atoms. The maximum atomic E-state index is 14.1. The molecule has 0 spiro atoms. The molecule has 1 aromatic rings. The van der Waals surface area contributed by atoms with Gasteiger partial charge in [0.15, 0.2) is 0 Å². The second-order valence-electron chi connectivity index (χ2n) is 7.06. The fourth-order valence-electron chi connectivity index (χ4n) is 3.36. The molecule has 1 heterocycles. The lowest BCUT2D eigenvalue weighted by Gasteiger charge is -2.42. The van der Waals surface area contributed by atoms with Crippen LogP contribution in [-0.4, -0.2) is 24.5 Å². The van der Waals surface area contributed by atoms with Crippen LogP contribution >= 0.6 is 11.6 Å². The van der Waals surface area contributed by atoms with Gasteiger partial charge in [-0.25, -0.2) is 4.39 Å². The molecule has 0 amide bonds. The molecule has 118 valence electrons. The summed E-state index contributed by atoms with van der Waals surface area (Å²) in [4.78, 5) is 2.28. The van der Waals surface area contributed by atoms with Crippen LogP contribution in [0.2, 0.25) is 5.02 Å². The van der Waals surface area contributed by atoms with E-state index in [0.29, 0.717) is 28.5 Å². The fraction of sp³-hybridized carbons (Fsp3) is 0.647. The predicted octanol–water partition coefficient (Wildman–Crippen LogP) is 4.24. The molecule has 2 N–H and O–H groups in total. The number of hydrogen-bond acceptors (Lipinski definition) is 2. The third-order valence-electron chi connectivity index (χ3n) is 4.75. The van der Waals surface area contributed by atoms with Crippen LogP contribution in [0.4, 0.5) is 4.39 Å². The molecular weight excluding hydrogens is 287 g/mol. The number of rotatable bonds is 3. The van der Waals surface area contributed by atoms with Gasteiger partial charge >= 0.3 is 0 Å². The Morgan fingerprint density at radius 2 is 1.95 bits per heavy atom. The number of likely N-dealkylation sites (tertiary alicyclic amines) is 1. The Kier molecular flexibility index (Phi) is 5.29. The van der Waals surface area contributed by atoms with Crippen molar-refractivity contribution in [3.8, 4) is 0 Å². The Labute approximate surface area is 132 Å². The van der Waals surface area contributed by atoms with Crippen LogP contribution in [0.3, 0.4) is 0 Å². The second-order valence-corrected chi connectivity index (χ2v) is 7.47. The first-order chi connectivity index (χ1) is 9.84. The Morgan fingerprint density at radius 3 is 2.43 bits per heavy atom. The van der Waals surface area contributed by atoms with Gasteiger partial charge in [-0.1, -0.05) is 38.4 Å². The van der Waals surface area contributed by atoms with Gasteiger partial charge in [-0.15, -0.1) is 0 Å². The molecule has 1 unspecified atom stereocenters. The summed E-state index contributed by atoms with van der Waals surface area (Å²) in [6, 6.07) is 4.72. The summed E-state index contributed by atoms with van der Waals surface area (Å²) >= 11 is 6.20. The van der Waals surface area contributed by atoms with Crippen molar-refractivity contribution < 1.29 is 4.39 Å². The van der Waals surface area contributed by atoms with Crippen LogP contribution in [0, 0.1) is 17.2 Å². The third-order valence-corrected chi connectivity index (χ3v) is 5.08. The fourth-order valence-corrected chi connectivity index (χ4v) is 3.64. The van der Waals surface area contributed by atoms with E-state index in [9.17, 15) is 4.39 Å². The zero-order valence-corrected chi connectivity index (χ0v) is 14.0. The highest BCUT2D eigenvalue weighted by Gasteiger charge is 2.32. The van der Waals surface area contributed by atoms with Crippen LogP contribution in [0.25, 0.3) is 0 Å². The van der Waals surface area contributed by atoms with E-state index in [1.807, 2.05) is 0 Å². The minimum atomic E-state index is -0.254. The minimum absolute atomic E-state index is 0.125. The SMILES string of the molecule is CC(C)(C)C1CCN(C(CN)c2c(F)cccc2Cl)CC1. The van der Waals surface area contributed by atoms with Gasteiger partial charge in [0, 0.05) is 17.1 Å². The predicted molar refractivity (Wildman–Crippen MR) is 87.0 cm³/mol. The van der Waals surface area contributed by atoms with Gasteiger partial charge in [-0.05, 0) is 49.4 Å². The summed E-state index contributed by atoms with van der Waals surface area (Å²) in [6.07, 6.45) is 2.26. The molecule has 0 saturated carbocycles. The highest BCUT2D eigenvalue weighted by molar-refractivity contribution is 6.31. The van der Waals surface area contributed by atoms with E-state index in [0.717, 1.165) is 25.9 Å². The number of hydrogen-bond donors (Lipinski definition) is 1. The van der Waals surface area contributed by atoms with Crippen molar-refractivity contribution in [2.24, 2.45) is 17.1 Å². The molecule has 1 aliphatic heterocycles. The average molecular weight is 313 g/mol. The van der Waals surface area contributed by atoms with Gasteiger partial charge in [0.2, 0.25) is 0 Å². The lowest BCUT2D eigenvalue weighted by molar-refractivity contribution is 0.0835. The quantitative estimate of drug-likeness (QED) is 0.904. The molecule has 1 saturated heterocycles. The molecular formula is C17H26ClFN2. The monoisotopic (exact) mass is 312 g/mol. The number of nitrogens with zero attached hydrogens (tertiary/aromatic N) is 1. The number of benzene rings is 1. The Hall–Kier alpha value is -0.640. The van der Waals surface area contributed by atoms with E-state index in [1.165, 1.54) is 6.07 Å². The lowest BCUT2D eigenvalue weighted by Crippen LogP contribution is -2.42. The van der Waals surface area contributed by atoms with Gasteiger partial charge in [-0.3, -0.25) is 4.90 Å². The molecule has 0 aromatic heterocycles. The minimum Gasteiger partial charge on any atom is -0.329 e. The molecule has 2 rings (SSSR count). The van der Waals surface area contributed by atoms with Gasteiger partial charge < -0.3 is 5.73 Å². The molecule has 1 aromatic carbocycles. The van der Waals surface area contributed by atoms with Crippen molar-refractivity contribution in [2.75, 3.05) is 19.6 Å². The highest BCUT2D eigenvalue weighted by atomic mass is 35.5. The molecule has 1 aliphatic rings. The van der Waals surface area contributed by atoms with E-state index < -0.39 is 0 Å². The van der Waals surface area contributed by atoms with Gasteiger partial charge in [0.05, 0.1) is 6.04 Å². The number of piperidine rings is 1. The van der Waals surface area contributed by atoms with Crippen LogP contribution in [0.5, 0.6) is 0 Å². The van der Waals surface area contributed by atoms with E-state index in [2.05, 4.69) is 25.7 Å². The third kappa shape index (κ3) is 3.77. The smallest absolute Gasteiger partial charge is 0.129 e. The molecule has 0 aliphatic carbocycles. The molecule has 0 radical (unpaired) electrons. The largest absolute Gasteiger partial charge is 0.329 e. The van der Waals surface area contributed by atoms with E-state index in [4.69, 9.17) is 17.3 Å². The van der Waals surface area contributed by atoms with Crippen LogP contribution in [-0.2, 0) is 0 Å². The summed E-state index contributed by atoms with van der Waals surface area (Å²) in [6.45, 7) is 9.17. The van der Waals surface area contributed by atoms with Crippen LogP contribution in [0.15, 0.2) is 18.2 Å². The molecule has 1 atom stereocenters. The Balaban J connectivity index is 2.14. The maximum Gasteiger partial charge on any atom is 0.129 e. The summed E-state index contributed by atoms with van der Waals surface area (Å²) in [7, 11) is 0. The van der Waals surface area contributed by atoms with Crippen LogP contribution in [0.1, 0.15) is 45.2 Å². The molecule has 4 heteroatoms. The average Bonchev–Trinajstić information content (AvgIpc) is 2.42. The summed E-state index contributed by atoms with van der Waals surface area (Å²) < 4.78 is 14.1. The molecule has 2 nitrogen and oxygen atoms in total. The molecule has 21 heavy (non-hydrogen) atoms. The Morgan fingerprint density at radius 1 is 1.33 bits per heavy atom. The highest BCUT2D eigenvalue weighted by Crippen LogP contribution is 2.37. The van der Waals surface area contributed by atoms with E-state index in [-0.39, 0.29) is 11.9 Å². The first-order valence-corrected chi connectivity index (χ1v) is 8.10. The van der Waals surface area contributed by atoms with Crippen molar-refractivity contribution in [1.29, 1.82) is 0 Å². The Bertz CT molecular complexity index is 456. The first kappa shape index (κ1) is 16.7. The summed E-state index contributed by atoms with van der Waals surface area (Å²) in [5.41, 5.74) is 6.81. The van der Waals surface area contributed by atoms with E-state index in [1.54, 1.807) is 12.1 Å². The van der Waals surface area contributed by atoms with Crippen molar-refractivity contribution in [3.05, 3.63) is 34.6 Å².